The molecule has 1 aromatic carbocycles. The van der Waals surface area contributed by atoms with E-state index in [2.05, 4.69) is 42.3 Å². The van der Waals surface area contributed by atoms with Crippen molar-refractivity contribution in [3.63, 3.8) is 0 Å². The Morgan fingerprint density at radius 2 is 1.93 bits per heavy atom. The van der Waals surface area contributed by atoms with Crippen molar-refractivity contribution in [1.29, 1.82) is 0 Å². The molecule has 3 heteroatoms. The number of β-amino-alcohol motifs (C(OH)–C–C–N with tert-alkyl or cyclic N) is 1. The lowest BCUT2D eigenvalue weighted by Gasteiger charge is -2.34. The van der Waals surface area contributed by atoms with Crippen LogP contribution in [0.3, 0.4) is 0 Å². The summed E-state index contributed by atoms with van der Waals surface area (Å²) in [4.78, 5) is 2.05. The molecule has 1 unspecified atom stereocenters. The molecule has 1 saturated heterocycles. The van der Waals surface area contributed by atoms with Crippen molar-refractivity contribution in [3.8, 4) is 0 Å². The third-order valence-corrected chi connectivity index (χ3v) is 2.75. The minimum absolute atomic E-state index is 0.403. The van der Waals surface area contributed by atoms with Gasteiger partial charge in [-0.2, -0.15) is 0 Å². The fraction of sp³-hybridized carbons (Fsp3) is 0.500. The molecule has 0 spiro atoms. The highest BCUT2D eigenvalue weighted by atomic mass is 16.3. The van der Waals surface area contributed by atoms with Gasteiger partial charge in [0.15, 0.2) is 0 Å². The van der Waals surface area contributed by atoms with Gasteiger partial charge in [-0.1, -0.05) is 6.07 Å². The van der Waals surface area contributed by atoms with Crippen molar-refractivity contribution >= 4 is 5.69 Å². The molecule has 1 heterocycles. The quantitative estimate of drug-likeness (QED) is 0.720. The monoisotopic (exact) mass is 206 g/mol. The molecule has 1 atom stereocenters. The lowest BCUT2D eigenvalue weighted by atomic mass is 10.1. The predicted molar refractivity (Wildman–Crippen MR) is 62.1 cm³/mol. The Balaban J connectivity index is 2.27. The van der Waals surface area contributed by atoms with Crippen molar-refractivity contribution in [1.82, 2.24) is 5.32 Å². The average molecular weight is 206 g/mol. The van der Waals surface area contributed by atoms with Crippen molar-refractivity contribution in [3.05, 3.63) is 29.3 Å². The van der Waals surface area contributed by atoms with Gasteiger partial charge in [-0.15, -0.1) is 0 Å². The van der Waals surface area contributed by atoms with E-state index in [1.54, 1.807) is 0 Å². The Hall–Kier alpha value is -1.06. The zero-order chi connectivity index (χ0) is 10.8. The zero-order valence-corrected chi connectivity index (χ0v) is 9.33. The molecule has 0 radical (unpaired) electrons. The maximum atomic E-state index is 9.87. The van der Waals surface area contributed by atoms with Crippen LogP contribution in [0, 0.1) is 13.8 Å². The number of hydrogen-bond donors (Lipinski definition) is 2. The van der Waals surface area contributed by atoms with E-state index < -0.39 is 6.23 Å². The van der Waals surface area contributed by atoms with Crippen LogP contribution in [0.15, 0.2) is 18.2 Å². The highest BCUT2D eigenvalue weighted by Crippen LogP contribution is 2.20. The van der Waals surface area contributed by atoms with Gasteiger partial charge in [-0.25, -0.2) is 0 Å². The third-order valence-electron chi connectivity index (χ3n) is 2.75. The van der Waals surface area contributed by atoms with Crippen LogP contribution in [0.4, 0.5) is 5.69 Å². The highest BCUT2D eigenvalue weighted by Gasteiger charge is 2.19. The van der Waals surface area contributed by atoms with Crippen LogP contribution in [0.25, 0.3) is 0 Å². The molecule has 1 aliphatic heterocycles. The maximum absolute atomic E-state index is 9.87. The first-order chi connectivity index (χ1) is 7.16. The van der Waals surface area contributed by atoms with Gasteiger partial charge in [0, 0.05) is 25.3 Å². The molecule has 0 saturated carbocycles. The standard InChI is InChI=1S/C12H18N2O/c1-9-5-10(2)7-11(6-9)14-4-3-13-8-12(14)15/h5-7,12-13,15H,3-4,8H2,1-2H3. The summed E-state index contributed by atoms with van der Waals surface area (Å²) in [5, 5.41) is 13.0. The first-order valence-corrected chi connectivity index (χ1v) is 5.40. The fourth-order valence-corrected chi connectivity index (χ4v) is 2.11. The van der Waals surface area contributed by atoms with E-state index in [1.807, 2.05) is 0 Å². The van der Waals surface area contributed by atoms with Crippen LogP contribution in [-0.4, -0.2) is 31.0 Å². The minimum atomic E-state index is -0.403. The Morgan fingerprint density at radius 1 is 1.27 bits per heavy atom. The van der Waals surface area contributed by atoms with Crippen LogP contribution in [0.2, 0.25) is 0 Å². The van der Waals surface area contributed by atoms with Crippen LogP contribution >= 0.6 is 0 Å². The summed E-state index contributed by atoms with van der Waals surface area (Å²) in [6, 6.07) is 6.40. The second-order valence-electron chi connectivity index (χ2n) is 4.22. The molecule has 3 nitrogen and oxygen atoms in total. The van der Waals surface area contributed by atoms with E-state index in [9.17, 15) is 5.11 Å². The second-order valence-corrected chi connectivity index (χ2v) is 4.22. The number of anilines is 1. The van der Waals surface area contributed by atoms with Gasteiger partial charge >= 0.3 is 0 Å². The van der Waals surface area contributed by atoms with Crippen molar-refractivity contribution in [2.75, 3.05) is 24.5 Å². The average Bonchev–Trinajstić information content (AvgIpc) is 2.16. The number of nitrogens with one attached hydrogen (secondary N) is 1. The Labute approximate surface area is 90.7 Å². The predicted octanol–water partition coefficient (Wildman–Crippen LogP) is 1.03. The van der Waals surface area contributed by atoms with Gasteiger partial charge in [0.2, 0.25) is 0 Å². The Bertz CT molecular complexity index is 331. The molecule has 82 valence electrons. The number of aliphatic hydroxyl groups is 1. The van der Waals surface area contributed by atoms with Crippen LogP contribution < -0.4 is 10.2 Å². The topological polar surface area (TPSA) is 35.5 Å². The van der Waals surface area contributed by atoms with E-state index in [-0.39, 0.29) is 0 Å². The summed E-state index contributed by atoms with van der Waals surface area (Å²) in [6.45, 7) is 6.62. The first-order valence-electron chi connectivity index (χ1n) is 5.40. The molecule has 0 aromatic heterocycles. The molecule has 2 rings (SSSR count). The lowest BCUT2D eigenvalue weighted by Crippen LogP contribution is -2.51. The summed E-state index contributed by atoms with van der Waals surface area (Å²) >= 11 is 0. The SMILES string of the molecule is Cc1cc(C)cc(N2CCNCC2O)c1. The van der Waals surface area contributed by atoms with Gasteiger partial charge in [-0.05, 0) is 37.1 Å². The second kappa shape index (κ2) is 4.21. The smallest absolute Gasteiger partial charge is 0.139 e. The number of benzene rings is 1. The zero-order valence-electron chi connectivity index (χ0n) is 9.33. The summed E-state index contributed by atoms with van der Waals surface area (Å²) in [5.41, 5.74) is 3.62. The summed E-state index contributed by atoms with van der Waals surface area (Å²) in [7, 11) is 0. The number of aryl methyl sites for hydroxylation is 2. The van der Waals surface area contributed by atoms with Crippen molar-refractivity contribution < 1.29 is 5.11 Å². The van der Waals surface area contributed by atoms with Gasteiger partial charge in [0.1, 0.15) is 6.23 Å². The Morgan fingerprint density at radius 3 is 2.53 bits per heavy atom. The maximum Gasteiger partial charge on any atom is 0.139 e. The van der Waals surface area contributed by atoms with Crippen LogP contribution in [0.1, 0.15) is 11.1 Å². The summed E-state index contributed by atoms with van der Waals surface area (Å²) in [6.07, 6.45) is -0.403. The molecule has 0 aliphatic carbocycles. The molecule has 2 N–H and O–H groups in total. The van der Waals surface area contributed by atoms with Crippen LogP contribution in [0.5, 0.6) is 0 Å². The molecule has 0 amide bonds. The van der Waals surface area contributed by atoms with Gasteiger partial charge < -0.3 is 15.3 Å². The Kier molecular flexibility index (Phi) is 2.93. The number of aliphatic hydroxyl groups excluding tert-OH is 1. The number of rotatable bonds is 1. The number of nitrogens with zero attached hydrogens (tertiary/aromatic N) is 1. The van der Waals surface area contributed by atoms with E-state index in [1.165, 1.54) is 11.1 Å². The molecule has 1 aromatic rings. The summed E-state index contributed by atoms with van der Waals surface area (Å²) in [5.74, 6) is 0. The van der Waals surface area contributed by atoms with Gasteiger partial charge in [0.05, 0.1) is 0 Å². The normalized spacial score (nSPS) is 21.8. The molecule has 15 heavy (non-hydrogen) atoms. The van der Waals surface area contributed by atoms with Crippen molar-refractivity contribution in [2.45, 2.75) is 20.1 Å². The molecule has 1 fully saturated rings. The van der Waals surface area contributed by atoms with Crippen molar-refractivity contribution in [2.24, 2.45) is 0 Å². The first kappa shape index (κ1) is 10.5. The minimum Gasteiger partial charge on any atom is -0.372 e. The van der Waals surface area contributed by atoms with Gasteiger partial charge in [-0.3, -0.25) is 0 Å². The molecular formula is C12H18N2O. The van der Waals surface area contributed by atoms with E-state index in [4.69, 9.17) is 0 Å². The largest absolute Gasteiger partial charge is 0.372 e. The molecule has 0 bridgehead atoms. The van der Waals surface area contributed by atoms with Crippen LogP contribution in [-0.2, 0) is 0 Å². The fourth-order valence-electron chi connectivity index (χ4n) is 2.11. The number of hydrogen-bond acceptors (Lipinski definition) is 3. The van der Waals surface area contributed by atoms with E-state index >= 15 is 0 Å². The molecular weight excluding hydrogens is 188 g/mol. The molecule has 1 aliphatic rings. The summed E-state index contributed by atoms with van der Waals surface area (Å²) < 4.78 is 0. The lowest BCUT2D eigenvalue weighted by molar-refractivity contribution is 0.152. The highest BCUT2D eigenvalue weighted by molar-refractivity contribution is 5.51. The third kappa shape index (κ3) is 2.30. The van der Waals surface area contributed by atoms with Gasteiger partial charge in [0.25, 0.3) is 0 Å². The van der Waals surface area contributed by atoms with E-state index in [0.29, 0.717) is 6.54 Å². The van der Waals surface area contributed by atoms with E-state index in [0.717, 1.165) is 18.8 Å². The number of piperazine rings is 1.